The standard InChI is InChI=1S/C36H46O9/c1-10-21(38)15-24-34(8)18(6)23-12-11-20(14-22(39)13-16(2)3)29(40)26(23)31(42)28(34)33(44)36(45)32(43)25(19(7)37)30(41)27(17(4)5)35(24,36)9/h11-12,16-18,24-25,27-28,40,45H,10,13-15H2,1-9H3/t18-,24-,25?,27?,28?,34-,35-,36+/m1/s1. The van der Waals surface area contributed by atoms with Crippen molar-refractivity contribution in [3.63, 3.8) is 0 Å². The molecular weight excluding hydrogens is 576 g/mol. The quantitative estimate of drug-likeness (QED) is 0.380. The van der Waals surface area contributed by atoms with Gasteiger partial charge in [-0.25, -0.2) is 0 Å². The van der Waals surface area contributed by atoms with E-state index in [1.807, 2.05) is 13.8 Å². The molecule has 0 amide bonds. The highest BCUT2D eigenvalue weighted by Gasteiger charge is 2.80. The lowest BCUT2D eigenvalue weighted by molar-refractivity contribution is -0.225. The number of fused-ring (bicyclic) bond motifs is 3. The molecule has 2 N–H and O–H groups in total. The summed E-state index contributed by atoms with van der Waals surface area (Å²) >= 11 is 0. The number of rotatable bonds is 9. The Balaban J connectivity index is 2.05. The molecule has 0 saturated heterocycles. The second kappa shape index (κ2) is 11.5. The molecule has 3 unspecified atom stereocenters. The molecule has 0 aromatic heterocycles. The van der Waals surface area contributed by atoms with Crippen molar-refractivity contribution in [1.82, 2.24) is 0 Å². The molecule has 3 aliphatic carbocycles. The van der Waals surface area contributed by atoms with E-state index in [2.05, 4.69) is 0 Å². The average Bonchev–Trinajstić information content (AvgIpc) is 2.92. The predicted octanol–water partition coefficient (Wildman–Crippen LogP) is 4.41. The minimum absolute atomic E-state index is 0.0886. The van der Waals surface area contributed by atoms with Gasteiger partial charge in [0, 0.05) is 42.6 Å². The van der Waals surface area contributed by atoms with E-state index in [9.17, 15) is 43.8 Å². The Labute approximate surface area is 264 Å². The molecule has 0 spiro atoms. The van der Waals surface area contributed by atoms with Gasteiger partial charge in [-0.1, -0.05) is 67.5 Å². The largest absolute Gasteiger partial charge is 0.507 e. The van der Waals surface area contributed by atoms with E-state index in [-0.39, 0.29) is 54.3 Å². The molecule has 0 aliphatic heterocycles. The Hall–Kier alpha value is -3.33. The summed E-state index contributed by atoms with van der Waals surface area (Å²) in [6.45, 7) is 14.9. The first kappa shape index (κ1) is 34.5. The molecule has 45 heavy (non-hydrogen) atoms. The smallest absolute Gasteiger partial charge is 0.190 e. The van der Waals surface area contributed by atoms with Crippen LogP contribution in [0.3, 0.4) is 0 Å². The molecule has 9 nitrogen and oxygen atoms in total. The van der Waals surface area contributed by atoms with Crippen LogP contribution in [0.4, 0.5) is 0 Å². The molecule has 1 aromatic carbocycles. The highest BCUT2D eigenvalue weighted by Crippen LogP contribution is 2.70. The van der Waals surface area contributed by atoms with Crippen LogP contribution in [-0.2, 0) is 35.2 Å². The number of phenols is 1. The topological polar surface area (TPSA) is 160 Å². The van der Waals surface area contributed by atoms with Gasteiger partial charge >= 0.3 is 0 Å². The monoisotopic (exact) mass is 622 g/mol. The van der Waals surface area contributed by atoms with Crippen molar-refractivity contribution in [2.24, 2.45) is 46.3 Å². The van der Waals surface area contributed by atoms with Crippen LogP contribution in [0, 0.1) is 46.3 Å². The molecule has 0 radical (unpaired) electrons. The summed E-state index contributed by atoms with van der Waals surface area (Å²) in [4.78, 5) is 96.2. The number of hydrogen-bond donors (Lipinski definition) is 2. The van der Waals surface area contributed by atoms with E-state index in [1.165, 1.54) is 6.92 Å². The molecular formula is C36H46O9. The van der Waals surface area contributed by atoms with Crippen LogP contribution in [0.1, 0.15) is 109 Å². The Bertz CT molecular complexity index is 1520. The molecule has 1 aromatic rings. The summed E-state index contributed by atoms with van der Waals surface area (Å²) in [5.41, 5.74) is -5.63. The third-order valence-corrected chi connectivity index (χ3v) is 11.5. The first-order valence-corrected chi connectivity index (χ1v) is 16.0. The number of hydrogen-bond acceptors (Lipinski definition) is 9. The van der Waals surface area contributed by atoms with E-state index >= 15 is 0 Å². The Kier molecular flexibility index (Phi) is 8.81. The first-order chi connectivity index (χ1) is 20.7. The number of aromatic hydroxyl groups is 1. The normalized spacial score (nSPS) is 34.4. The number of phenolic OH excluding ortho intramolecular Hbond substituents is 1. The highest BCUT2D eigenvalue weighted by atomic mass is 16.3. The third-order valence-electron chi connectivity index (χ3n) is 11.5. The van der Waals surface area contributed by atoms with Gasteiger partial charge in [0.05, 0.1) is 11.5 Å². The molecule has 3 aliphatic rings. The van der Waals surface area contributed by atoms with Crippen molar-refractivity contribution in [2.75, 3.05) is 0 Å². The van der Waals surface area contributed by atoms with E-state index in [1.54, 1.807) is 46.8 Å². The lowest BCUT2D eigenvalue weighted by Crippen LogP contribution is -2.80. The highest BCUT2D eigenvalue weighted by molar-refractivity contribution is 6.33. The number of carbonyl (C=O) groups excluding carboxylic acids is 7. The van der Waals surface area contributed by atoms with Gasteiger partial charge in [-0.2, -0.15) is 0 Å². The van der Waals surface area contributed by atoms with Crippen LogP contribution in [0.25, 0.3) is 0 Å². The lowest BCUT2D eigenvalue weighted by Gasteiger charge is -2.67. The Morgan fingerprint density at radius 1 is 0.956 bits per heavy atom. The minimum Gasteiger partial charge on any atom is -0.507 e. The number of Topliss-reactive ketones (excluding diaryl/α,β-unsaturated/α-hetero) is 7. The summed E-state index contributed by atoms with van der Waals surface area (Å²) < 4.78 is 0. The molecule has 9 heteroatoms. The van der Waals surface area contributed by atoms with E-state index in [4.69, 9.17) is 0 Å². The van der Waals surface area contributed by atoms with Crippen molar-refractivity contribution in [1.29, 1.82) is 0 Å². The van der Waals surface area contributed by atoms with Crippen molar-refractivity contribution in [3.05, 3.63) is 28.8 Å². The van der Waals surface area contributed by atoms with Crippen LogP contribution in [0.2, 0.25) is 0 Å². The molecule has 0 heterocycles. The number of ketones is 7. The fourth-order valence-electron chi connectivity index (χ4n) is 9.29. The number of aliphatic hydroxyl groups is 1. The maximum atomic E-state index is 14.8. The summed E-state index contributed by atoms with van der Waals surface area (Å²) in [7, 11) is 0. The third kappa shape index (κ3) is 4.63. The van der Waals surface area contributed by atoms with Gasteiger partial charge < -0.3 is 10.2 Å². The van der Waals surface area contributed by atoms with E-state index in [0.717, 1.165) is 6.92 Å². The number of carbonyl (C=O) groups is 7. The Morgan fingerprint density at radius 3 is 2.07 bits per heavy atom. The molecule has 2 fully saturated rings. The maximum absolute atomic E-state index is 14.8. The molecule has 2 saturated carbocycles. The maximum Gasteiger partial charge on any atom is 0.190 e. The summed E-state index contributed by atoms with van der Waals surface area (Å²) in [5, 5.41) is 24.0. The van der Waals surface area contributed by atoms with Gasteiger partial charge in [0.1, 0.15) is 29.0 Å². The fourth-order valence-corrected chi connectivity index (χ4v) is 9.29. The van der Waals surface area contributed by atoms with Crippen molar-refractivity contribution in [2.45, 2.75) is 99.5 Å². The average molecular weight is 623 g/mol. The summed E-state index contributed by atoms with van der Waals surface area (Å²) in [5.74, 6) is -12.3. The zero-order valence-electron chi connectivity index (χ0n) is 27.8. The van der Waals surface area contributed by atoms with Crippen molar-refractivity contribution >= 4 is 40.5 Å². The zero-order valence-corrected chi connectivity index (χ0v) is 27.8. The van der Waals surface area contributed by atoms with Gasteiger partial charge in [-0.15, -0.1) is 0 Å². The van der Waals surface area contributed by atoms with Crippen LogP contribution >= 0.6 is 0 Å². The van der Waals surface area contributed by atoms with Crippen LogP contribution in [-0.4, -0.2) is 56.3 Å². The van der Waals surface area contributed by atoms with E-state index < -0.39 is 86.6 Å². The zero-order chi connectivity index (χ0) is 34.1. The van der Waals surface area contributed by atoms with Gasteiger partial charge in [0.15, 0.2) is 28.7 Å². The molecule has 8 atom stereocenters. The van der Waals surface area contributed by atoms with Crippen LogP contribution < -0.4 is 0 Å². The lowest BCUT2D eigenvalue weighted by atomic mass is 9.34. The first-order valence-electron chi connectivity index (χ1n) is 16.0. The molecule has 0 bridgehead atoms. The van der Waals surface area contributed by atoms with Gasteiger partial charge in [-0.05, 0) is 41.6 Å². The minimum atomic E-state index is -2.93. The molecule has 244 valence electrons. The number of benzene rings is 1. The van der Waals surface area contributed by atoms with Gasteiger partial charge in [0.25, 0.3) is 0 Å². The second-order valence-corrected chi connectivity index (χ2v) is 14.8. The van der Waals surface area contributed by atoms with Crippen LogP contribution in [0.15, 0.2) is 12.1 Å². The van der Waals surface area contributed by atoms with Crippen LogP contribution in [0.5, 0.6) is 5.75 Å². The molecule has 4 rings (SSSR count). The van der Waals surface area contributed by atoms with Gasteiger partial charge in [-0.3, -0.25) is 33.6 Å². The fraction of sp³-hybridized carbons (Fsp3) is 0.639. The second-order valence-electron chi connectivity index (χ2n) is 14.8. The SMILES string of the molecule is CCC(=O)C[C@@H]1[C@]2(C)C(C(=O)c3c(ccc(CC(=O)CC(C)C)c3O)[C@H]2C)C(=O)[C@@]2(O)C(=O)C(C(C)=O)C(=O)C(C(C)C)[C@@]12C. The van der Waals surface area contributed by atoms with Gasteiger partial charge in [0.2, 0.25) is 0 Å². The Morgan fingerprint density at radius 2 is 1.56 bits per heavy atom. The van der Waals surface area contributed by atoms with Crippen molar-refractivity contribution < 1.29 is 43.8 Å². The summed E-state index contributed by atoms with van der Waals surface area (Å²) in [6.07, 6.45) is 0.0394. The summed E-state index contributed by atoms with van der Waals surface area (Å²) in [6, 6.07) is 3.25. The van der Waals surface area contributed by atoms with Crippen molar-refractivity contribution in [3.8, 4) is 5.75 Å². The predicted molar refractivity (Wildman–Crippen MR) is 165 cm³/mol. The van der Waals surface area contributed by atoms with E-state index in [0.29, 0.717) is 5.56 Å².